The van der Waals surface area contributed by atoms with Gasteiger partial charge in [-0.15, -0.1) is 0 Å². The molecule has 0 bridgehead atoms. The summed E-state index contributed by atoms with van der Waals surface area (Å²) in [5, 5.41) is 30.0. The van der Waals surface area contributed by atoms with Crippen LogP contribution in [-0.2, 0) is 0 Å². The molecule has 29 heavy (non-hydrogen) atoms. The van der Waals surface area contributed by atoms with Crippen molar-refractivity contribution >= 4 is 0 Å². The van der Waals surface area contributed by atoms with Crippen LogP contribution in [0.5, 0.6) is 0 Å². The second kappa shape index (κ2) is 9.66. The monoisotopic (exact) mass is 404 g/mol. The van der Waals surface area contributed by atoms with E-state index in [-0.39, 0.29) is 12.0 Å². The number of aliphatic hydroxyl groups excluding tert-OH is 3. The molecule has 166 valence electrons. The summed E-state index contributed by atoms with van der Waals surface area (Å²) in [6, 6.07) is 0. The topological polar surface area (TPSA) is 60.7 Å². The molecule has 0 aromatic heterocycles. The number of fused-ring (bicyclic) bond motifs is 1. The standard InChI is InChI=1S/C26H44O3/c1-17(7-5-8-18(2)27)22-12-13-23-21(9-6-14-26(22,23)4)11-10-20-15-24(28)19(3)25(29)16-20/h10-11,17-19,22-25,27-29H,5-9,12-16H2,1-4H3/b20-10?,21-11+/t17-,18+,19?,22?,23?,24-,25-,26-/m1/s1. The molecule has 0 spiro atoms. The summed E-state index contributed by atoms with van der Waals surface area (Å²) in [7, 11) is 0. The maximum atomic E-state index is 10.2. The predicted molar refractivity (Wildman–Crippen MR) is 119 cm³/mol. The van der Waals surface area contributed by atoms with Gasteiger partial charge in [-0.2, -0.15) is 0 Å². The smallest absolute Gasteiger partial charge is 0.0627 e. The third-order valence-corrected chi connectivity index (χ3v) is 8.70. The van der Waals surface area contributed by atoms with Crippen molar-refractivity contribution in [1.29, 1.82) is 0 Å². The average Bonchev–Trinajstić information content (AvgIpc) is 3.01. The minimum Gasteiger partial charge on any atom is -0.393 e. The summed E-state index contributed by atoms with van der Waals surface area (Å²) in [4.78, 5) is 0. The molecule has 3 aliphatic carbocycles. The molecule has 3 N–H and O–H groups in total. The van der Waals surface area contributed by atoms with E-state index in [4.69, 9.17) is 0 Å². The maximum absolute atomic E-state index is 10.2. The van der Waals surface area contributed by atoms with Crippen molar-refractivity contribution in [3.05, 3.63) is 23.3 Å². The van der Waals surface area contributed by atoms with E-state index in [1.807, 2.05) is 13.8 Å². The first-order valence-electron chi connectivity index (χ1n) is 12.1. The van der Waals surface area contributed by atoms with Crippen LogP contribution in [-0.4, -0.2) is 33.6 Å². The average molecular weight is 405 g/mol. The highest BCUT2D eigenvalue weighted by molar-refractivity contribution is 5.26. The summed E-state index contributed by atoms with van der Waals surface area (Å²) in [5.74, 6) is 2.18. The van der Waals surface area contributed by atoms with Crippen LogP contribution in [0.15, 0.2) is 23.3 Å². The second-order valence-electron chi connectivity index (χ2n) is 10.8. The van der Waals surface area contributed by atoms with Crippen LogP contribution in [0.1, 0.15) is 91.9 Å². The molecule has 0 heterocycles. The lowest BCUT2D eigenvalue weighted by Gasteiger charge is -2.44. The zero-order valence-electron chi connectivity index (χ0n) is 19.1. The molecule has 0 aliphatic heterocycles. The molecule has 0 radical (unpaired) electrons. The lowest BCUT2D eigenvalue weighted by Crippen LogP contribution is -2.36. The Morgan fingerprint density at radius 2 is 1.76 bits per heavy atom. The first-order chi connectivity index (χ1) is 13.7. The first kappa shape index (κ1) is 23.0. The molecular weight excluding hydrogens is 360 g/mol. The van der Waals surface area contributed by atoms with Gasteiger partial charge in [-0.25, -0.2) is 0 Å². The number of hydrogen-bond acceptors (Lipinski definition) is 3. The van der Waals surface area contributed by atoms with Gasteiger partial charge in [0, 0.05) is 5.92 Å². The van der Waals surface area contributed by atoms with Gasteiger partial charge in [0.1, 0.15) is 0 Å². The van der Waals surface area contributed by atoms with E-state index < -0.39 is 12.2 Å². The van der Waals surface area contributed by atoms with Crippen molar-refractivity contribution in [2.75, 3.05) is 0 Å². The van der Waals surface area contributed by atoms with Crippen molar-refractivity contribution in [1.82, 2.24) is 0 Å². The third kappa shape index (κ3) is 5.17. The Morgan fingerprint density at radius 1 is 1.07 bits per heavy atom. The maximum Gasteiger partial charge on any atom is 0.0627 e. The Hall–Kier alpha value is -0.640. The summed E-state index contributed by atoms with van der Waals surface area (Å²) >= 11 is 0. The molecule has 3 heteroatoms. The van der Waals surface area contributed by atoms with Gasteiger partial charge in [-0.05, 0) is 81.5 Å². The third-order valence-electron chi connectivity index (χ3n) is 8.70. The van der Waals surface area contributed by atoms with Crippen LogP contribution in [0.4, 0.5) is 0 Å². The van der Waals surface area contributed by atoms with E-state index >= 15 is 0 Å². The van der Waals surface area contributed by atoms with E-state index in [0.717, 1.165) is 24.7 Å². The molecule has 3 nitrogen and oxygen atoms in total. The zero-order chi connectivity index (χ0) is 21.2. The van der Waals surface area contributed by atoms with Crippen LogP contribution in [0.25, 0.3) is 0 Å². The van der Waals surface area contributed by atoms with Gasteiger partial charge in [-0.3, -0.25) is 0 Å². The second-order valence-corrected chi connectivity index (χ2v) is 10.8. The van der Waals surface area contributed by atoms with Crippen LogP contribution in [0.2, 0.25) is 0 Å². The van der Waals surface area contributed by atoms with E-state index in [1.165, 1.54) is 44.1 Å². The molecule has 3 fully saturated rings. The highest BCUT2D eigenvalue weighted by atomic mass is 16.3. The minimum absolute atomic E-state index is 0.0244. The van der Waals surface area contributed by atoms with Gasteiger partial charge in [0.05, 0.1) is 18.3 Å². The number of rotatable bonds is 6. The Balaban J connectivity index is 1.68. The normalized spacial score (nSPS) is 41.3. The van der Waals surface area contributed by atoms with Gasteiger partial charge in [0.25, 0.3) is 0 Å². The lowest BCUT2D eigenvalue weighted by molar-refractivity contribution is 0.00406. The molecule has 0 amide bonds. The molecule has 0 saturated heterocycles. The minimum atomic E-state index is -0.418. The quantitative estimate of drug-likeness (QED) is 0.556. The number of allylic oxidation sites excluding steroid dienone is 3. The summed E-state index contributed by atoms with van der Waals surface area (Å²) in [5.41, 5.74) is 3.21. The Labute approximate surface area is 178 Å². The van der Waals surface area contributed by atoms with Crippen molar-refractivity contribution in [2.45, 2.75) is 110 Å². The van der Waals surface area contributed by atoms with E-state index in [2.05, 4.69) is 26.0 Å². The Bertz CT molecular complexity index is 593. The summed E-state index contributed by atoms with van der Waals surface area (Å²) in [6.07, 6.45) is 14.7. The van der Waals surface area contributed by atoms with Gasteiger partial charge < -0.3 is 15.3 Å². The molecule has 3 rings (SSSR count). The van der Waals surface area contributed by atoms with E-state index in [1.54, 1.807) is 5.57 Å². The van der Waals surface area contributed by atoms with Gasteiger partial charge in [0.15, 0.2) is 0 Å². The molecule has 3 saturated carbocycles. The Morgan fingerprint density at radius 3 is 2.41 bits per heavy atom. The van der Waals surface area contributed by atoms with E-state index in [0.29, 0.717) is 24.2 Å². The largest absolute Gasteiger partial charge is 0.393 e. The van der Waals surface area contributed by atoms with Crippen LogP contribution in [0, 0.1) is 29.1 Å². The predicted octanol–water partition coefficient (Wildman–Crippen LogP) is 5.39. The highest BCUT2D eigenvalue weighted by Gasteiger charge is 2.50. The van der Waals surface area contributed by atoms with E-state index in [9.17, 15) is 15.3 Å². The molecule has 2 unspecified atom stereocenters. The van der Waals surface area contributed by atoms with Gasteiger partial charge in [-0.1, -0.05) is 56.9 Å². The fourth-order valence-corrected chi connectivity index (χ4v) is 6.76. The van der Waals surface area contributed by atoms with Gasteiger partial charge >= 0.3 is 0 Å². The zero-order valence-corrected chi connectivity index (χ0v) is 19.1. The Kier molecular flexibility index (Phi) is 7.67. The molecule has 0 aromatic carbocycles. The number of aliphatic hydroxyl groups is 3. The van der Waals surface area contributed by atoms with Crippen LogP contribution >= 0.6 is 0 Å². The highest BCUT2D eigenvalue weighted by Crippen LogP contribution is 2.59. The summed E-state index contributed by atoms with van der Waals surface area (Å²) in [6.45, 7) is 8.82. The fraction of sp³-hybridized carbons (Fsp3) is 0.846. The van der Waals surface area contributed by atoms with Crippen LogP contribution in [0.3, 0.4) is 0 Å². The van der Waals surface area contributed by atoms with Crippen molar-refractivity contribution in [2.24, 2.45) is 29.1 Å². The van der Waals surface area contributed by atoms with Gasteiger partial charge in [0.2, 0.25) is 0 Å². The molecular formula is C26H44O3. The van der Waals surface area contributed by atoms with Crippen molar-refractivity contribution < 1.29 is 15.3 Å². The fourth-order valence-electron chi connectivity index (χ4n) is 6.76. The molecule has 3 aliphatic rings. The lowest BCUT2D eigenvalue weighted by atomic mass is 9.60. The SMILES string of the molecule is CC1[C@H](O)CC(=C/C=C2\CCC[C@@]3(C)C2CCC3[C@H](C)CCC[C@H](C)O)C[C@H]1O. The first-order valence-corrected chi connectivity index (χ1v) is 12.1. The number of hydrogen-bond donors (Lipinski definition) is 3. The van der Waals surface area contributed by atoms with Crippen LogP contribution < -0.4 is 0 Å². The molecule has 7 atom stereocenters. The van der Waals surface area contributed by atoms with Crippen molar-refractivity contribution in [3.63, 3.8) is 0 Å². The molecule has 0 aromatic rings. The summed E-state index contributed by atoms with van der Waals surface area (Å²) < 4.78 is 0. The van der Waals surface area contributed by atoms with Crippen molar-refractivity contribution in [3.8, 4) is 0 Å².